The Balaban J connectivity index is 1.93. The molecule has 0 bridgehead atoms. The lowest BCUT2D eigenvalue weighted by atomic mass is 10.1. The molecule has 0 aromatic heterocycles. The lowest BCUT2D eigenvalue weighted by molar-refractivity contribution is -0.183. The monoisotopic (exact) mass is 307 g/mol. The van der Waals surface area contributed by atoms with E-state index < -0.39 is 6.29 Å². The Morgan fingerprint density at radius 1 is 1.27 bits per heavy atom. The molecular formula is C17H25NO4. The minimum Gasteiger partial charge on any atom is -0.506 e. The SMILES string of the molecule is CCCCCCC(=O)Nc1cc(C2OCCCO2)ccc1O. The van der Waals surface area contributed by atoms with E-state index in [0.717, 1.165) is 37.7 Å². The molecule has 1 saturated heterocycles. The Morgan fingerprint density at radius 2 is 2.05 bits per heavy atom. The first-order valence-electron chi connectivity index (χ1n) is 8.06. The van der Waals surface area contributed by atoms with E-state index in [-0.39, 0.29) is 11.7 Å². The Morgan fingerprint density at radius 3 is 2.77 bits per heavy atom. The summed E-state index contributed by atoms with van der Waals surface area (Å²) in [5.41, 5.74) is 1.22. The van der Waals surface area contributed by atoms with Gasteiger partial charge in [-0.3, -0.25) is 4.79 Å². The van der Waals surface area contributed by atoms with Crippen molar-refractivity contribution in [2.75, 3.05) is 18.5 Å². The zero-order valence-electron chi connectivity index (χ0n) is 13.1. The number of amides is 1. The highest BCUT2D eigenvalue weighted by molar-refractivity contribution is 5.92. The first-order valence-corrected chi connectivity index (χ1v) is 8.06. The summed E-state index contributed by atoms with van der Waals surface area (Å²) < 4.78 is 11.1. The van der Waals surface area contributed by atoms with E-state index in [1.807, 2.05) is 0 Å². The number of rotatable bonds is 7. The lowest BCUT2D eigenvalue weighted by Gasteiger charge is -2.24. The second kappa shape index (κ2) is 8.76. The van der Waals surface area contributed by atoms with Crippen molar-refractivity contribution in [2.45, 2.75) is 51.7 Å². The van der Waals surface area contributed by atoms with Crippen LogP contribution in [0.25, 0.3) is 0 Å². The second-order valence-corrected chi connectivity index (χ2v) is 5.56. The molecular weight excluding hydrogens is 282 g/mol. The number of aromatic hydroxyl groups is 1. The molecule has 0 saturated carbocycles. The fourth-order valence-electron chi connectivity index (χ4n) is 2.41. The maximum atomic E-state index is 11.9. The van der Waals surface area contributed by atoms with E-state index in [9.17, 15) is 9.90 Å². The van der Waals surface area contributed by atoms with Crippen LogP contribution in [0.15, 0.2) is 18.2 Å². The van der Waals surface area contributed by atoms with Gasteiger partial charge in [-0.2, -0.15) is 0 Å². The zero-order valence-corrected chi connectivity index (χ0v) is 13.1. The summed E-state index contributed by atoms with van der Waals surface area (Å²) in [4.78, 5) is 11.9. The minimum absolute atomic E-state index is 0.0569. The normalized spacial score (nSPS) is 15.7. The quantitative estimate of drug-likeness (QED) is 0.595. The molecule has 1 fully saturated rings. The van der Waals surface area contributed by atoms with E-state index in [4.69, 9.17) is 9.47 Å². The van der Waals surface area contributed by atoms with E-state index in [1.165, 1.54) is 0 Å². The molecule has 22 heavy (non-hydrogen) atoms. The molecule has 1 aromatic carbocycles. The number of carbonyl (C=O) groups is 1. The summed E-state index contributed by atoms with van der Waals surface area (Å²) in [6.45, 7) is 3.45. The van der Waals surface area contributed by atoms with Crippen molar-refractivity contribution in [3.8, 4) is 5.75 Å². The van der Waals surface area contributed by atoms with Gasteiger partial charge < -0.3 is 19.9 Å². The number of unbranched alkanes of at least 4 members (excludes halogenated alkanes) is 3. The summed E-state index contributed by atoms with van der Waals surface area (Å²) in [6.07, 6.45) is 5.15. The van der Waals surface area contributed by atoms with E-state index in [0.29, 0.717) is 25.3 Å². The summed E-state index contributed by atoms with van der Waals surface area (Å²) in [6, 6.07) is 5.03. The molecule has 5 heteroatoms. The van der Waals surface area contributed by atoms with Gasteiger partial charge in [0.2, 0.25) is 5.91 Å². The number of phenols is 1. The number of carbonyl (C=O) groups excluding carboxylic acids is 1. The Labute approximate surface area is 131 Å². The molecule has 2 N–H and O–H groups in total. The van der Waals surface area contributed by atoms with Crippen LogP contribution < -0.4 is 5.32 Å². The second-order valence-electron chi connectivity index (χ2n) is 5.56. The number of hydrogen-bond acceptors (Lipinski definition) is 4. The first-order chi connectivity index (χ1) is 10.7. The number of benzene rings is 1. The Hall–Kier alpha value is -1.59. The van der Waals surface area contributed by atoms with Crippen LogP contribution >= 0.6 is 0 Å². The lowest BCUT2D eigenvalue weighted by Crippen LogP contribution is -2.18. The number of nitrogens with one attached hydrogen (secondary N) is 1. The third kappa shape index (κ3) is 5.00. The molecule has 1 aliphatic heterocycles. The molecule has 0 atom stereocenters. The third-order valence-corrected chi connectivity index (χ3v) is 3.65. The highest BCUT2D eigenvalue weighted by Crippen LogP contribution is 2.30. The van der Waals surface area contributed by atoms with Crippen LogP contribution in [0, 0.1) is 0 Å². The molecule has 0 radical (unpaired) electrons. The van der Waals surface area contributed by atoms with Crippen LogP contribution in [0.3, 0.4) is 0 Å². The van der Waals surface area contributed by atoms with Crippen LogP contribution in [0.2, 0.25) is 0 Å². The fourth-order valence-corrected chi connectivity index (χ4v) is 2.41. The summed E-state index contributed by atoms with van der Waals surface area (Å²) in [5, 5.41) is 12.7. The highest BCUT2D eigenvalue weighted by atomic mass is 16.7. The van der Waals surface area contributed by atoms with Gasteiger partial charge in [0.15, 0.2) is 6.29 Å². The average Bonchev–Trinajstić information content (AvgIpc) is 2.54. The van der Waals surface area contributed by atoms with E-state index in [2.05, 4.69) is 12.2 Å². The Kier molecular flexibility index (Phi) is 6.68. The van der Waals surface area contributed by atoms with Gasteiger partial charge in [-0.1, -0.05) is 32.3 Å². The van der Waals surface area contributed by atoms with Crippen LogP contribution in [0.4, 0.5) is 5.69 Å². The molecule has 1 heterocycles. The number of hydrogen-bond donors (Lipinski definition) is 2. The van der Waals surface area contributed by atoms with Gasteiger partial charge in [-0.05, 0) is 25.0 Å². The maximum Gasteiger partial charge on any atom is 0.224 e. The van der Waals surface area contributed by atoms with Gasteiger partial charge in [0.05, 0.1) is 18.9 Å². The van der Waals surface area contributed by atoms with Gasteiger partial charge in [0, 0.05) is 12.0 Å². The minimum atomic E-state index is -0.422. The average molecular weight is 307 g/mol. The molecule has 0 spiro atoms. The van der Waals surface area contributed by atoms with Crippen molar-refractivity contribution >= 4 is 11.6 Å². The summed E-state index contributed by atoms with van der Waals surface area (Å²) >= 11 is 0. The molecule has 0 unspecified atom stereocenters. The third-order valence-electron chi connectivity index (χ3n) is 3.65. The largest absolute Gasteiger partial charge is 0.506 e. The van der Waals surface area contributed by atoms with Crippen LogP contribution in [-0.2, 0) is 14.3 Å². The van der Waals surface area contributed by atoms with Crippen molar-refractivity contribution < 1.29 is 19.4 Å². The van der Waals surface area contributed by atoms with Gasteiger partial charge in [-0.15, -0.1) is 0 Å². The summed E-state index contributed by atoms with van der Waals surface area (Å²) in [5.74, 6) is -0.0181. The van der Waals surface area contributed by atoms with Gasteiger partial charge >= 0.3 is 0 Å². The van der Waals surface area contributed by atoms with Gasteiger partial charge in [-0.25, -0.2) is 0 Å². The van der Waals surface area contributed by atoms with Crippen LogP contribution in [0.5, 0.6) is 5.75 Å². The molecule has 5 nitrogen and oxygen atoms in total. The topological polar surface area (TPSA) is 67.8 Å². The summed E-state index contributed by atoms with van der Waals surface area (Å²) in [7, 11) is 0. The van der Waals surface area contributed by atoms with Crippen LogP contribution in [0.1, 0.15) is 57.3 Å². The van der Waals surface area contributed by atoms with Crippen molar-refractivity contribution in [3.05, 3.63) is 23.8 Å². The first kappa shape index (κ1) is 16.8. The maximum absolute atomic E-state index is 11.9. The molecule has 1 amide bonds. The molecule has 2 rings (SSSR count). The van der Waals surface area contributed by atoms with Gasteiger partial charge in [0.25, 0.3) is 0 Å². The zero-order chi connectivity index (χ0) is 15.8. The predicted octanol–water partition coefficient (Wildman–Crippen LogP) is 3.74. The van der Waals surface area contributed by atoms with Crippen molar-refractivity contribution in [1.29, 1.82) is 0 Å². The smallest absolute Gasteiger partial charge is 0.224 e. The van der Waals surface area contributed by atoms with Crippen molar-refractivity contribution in [1.82, 2.24) is 0 Å². The number of anilines is 1. The predicted molar refractivity (Wildman–Crippen MR) is 84.8 cm³/mol. The van der Waals surface area contributed by atoms with E-state index in [1.54, 1.807) is 18.2 Å². The molecule has 1 aliphatic rings. The van der Waals surface area contributed by atoms with Crippen molar-refractivity contribution in [3.63, 3.8) is 0 Å². The number of phenolic OH excluding ortho intramolecular Hbond substituents is 1. The highest BCUT2D eigenvalue weighted by Gasteiger charge is 2.18. The Bertz CT molecular complexity index is 484. The number of ether oxygens (including phenoxy) is 2. The van der Waals surface area contributed by atoms with Crippen LogP contribution in [-0.4, -0.2) is 24.2 Å². The van der Waals surface area contributed by atoms with E-state index >= 15 is 0 Å². The standard InChI is InChI=1S/C17H25NO4/c1-2-3-4-5-7-16(20)18-14-12-13(8-9-15(14)19)17-21-10-6-11-22-17/h8-9,12,17,19H,2-7,10-11H2,1H3,(H,18,20). The fraction of sp³-hybridized carbons (Fsp3) is 0.588. The molecule has 0 aliphatic carbocycles. The van der Waals surface area contributed by atoms with Gasteiger partial charge in [0.1, 0.15) is 5.75 Å². The molecule has 122 valence electrons. The molecule has 1 aromatic rings. The van der Waals surface area contributed by atoms with Crippen molar-refractivity contribution in [2.24, 2.45) is 0 Å².